The summed E-state index contributed by atoms with van der Waals surface area (Å²) in [5.41, 5.74) is -0.00419. The molecular formula is C13H8ClF4N. The van der Waals surface area contributed by atoms with Crippen LogP contribution < -0.4 is 4.90 Å². The predicted molar refractivity (Wildman–Crippen MR) is 65.8 cm³/mol. The van der Waals surface area contributed by atoms with Gasteiger partial charge in [0.1, 0.15) is 0 Å². The molecule has 6 heteroatoms. The third-order valence-electron chi connectivity index (χ3n) is 2.64. The van der Waals surface area contributed by atoms with Crippen LogP contribution in [0.3, 0.4) is 0 Å². The van der Waals surface area contributed by atoms with E-state index in [1.165, 1.54) is 18.0 Å². The Bertz CT molecular complexity index is 630. The van der Waals surface area contributed by atoms with E-state index in [0.29, 0.717) is 16.8 Å². The molecule has 0 saturated heterocycles. The van der Waals surface area contributed by atoms with Crippen molar-refractivity contribution in [3.8, 4) is 0 Å². The van der Waals surface area contributed by atoms with Gasteiger partial charge in [-0.2, -0.15) is 0 Å². The van der Waals surface area contributed by atoms with Crippen LogP contribution in [0.4, 0.5) is 28.9 Å². The van der Waals surface area contributed by atoms with Crippen molar-refractivity contribution in [2.75, 3.05) is 11.9 Å². The van der Waals surface area contributed by atoms with E-state index in [9.17, 15) is 17.6 Å². The highest BCUT2D eigenvalue weighted by Crippen LogP contribution is 2.31. The van der Waals surface area contributed by atoms with Crippen molar-refractivity contribution < 1.29 is 17.6 Å². The first kappa shape index (κ1) is 13.7. The molecule has 0 fully saturated rings. The molecule has 0 bridgehead atoms. The van der Waals surface area contributed by atoms with Crippen molar-refractivity contribution in [3.05, 3.63) is 58.6 Å². The lowest BCUT2D eigenvalue weighted by Crippen LogP contribution is -2.13. The summed E-state index contributed by atoms with van der Waals surface area (Å²) >= 11 is 5.78. The number of anilines is 2. The van der Waals surface area contributed by atoms with Gasteiger partial charge in [0, 0.05) is 23.8 Å². The van der Waals surface area contributed by atoms with E-state index >= 15 is 0 Å². The monoisotopic (exact) mass is 289 g/mol. The topological polar surface area (TPSA) is 3.24 Å². The summed E-state index contributed by atoms with van der Waals surface area (Å²) in [5, 5.41) is 0.382. The molecule has 0 unspecified atom stereocenters. The highest BCUT2D eigenvalue weighted by Gasteiger charge is 2.21. The van der Waals surface area contributed by atoms with Crippen LogP contribution in [0.2, 0.25) is 5.02 Å². The number of nitrogens with zero attached hydrogens (tertiary/aromatic N) is 1. The average molecular weight is 290 g/mol. The Morgan fingerprint density at radius 3 is 2.26 bits per heavy atom. The first-order valence-corrected chi connectivity index (χ1v) is 5.62. The number of hydrogen-bond acceptors (Lipinski definition) is 1. The lowest BCUT2D eigenvalue weighted by molar-refractivity contribution is 0.410. The van der Waals surface area contributed by atoms with Gasteiger partial charge in [0.15, 0.2) is 23.3 Å². The first-order valence-electron chi connectivity index (χ1n) is 5.24. The van der Waals surface area contributed by atoms with Crippen molar-refractivity contribution in [2.24, 2.45) is 0 Å². The second-order valence-corrected chi connectivity index (χ2v) is 4.29. The molecule has 19 heavy (non-hydrogen) atoms. The Labute approximate surface area is 112 Å². The number of rotatable bonds is 2. The Hall–Kier alpha value is -1.75. The van der Waals surface area contributed by atoms with Gasteiger partial charge in [-0.25, -0.2) is 17.6 Å². The van der Waals surface area contributed by atoms with Crippen molar-refractivity contribution in [1.29, 1.82) is 0 Å². The molecule has 2 rings (SSSR count). The molecule has 0 saturated carbocycles. The minimum Gasteiger partial charge on any atom is -0.342 e. The Kier molecular flexibility index (Phi) is 3.66. The molecule has 0 spiro atoms. The van der Waals surface area contributed by atoms with E-state index in [1.807, 2.05) is 0 Å². The molecule has 0 aliphatic carbocycles. The molecule has 100 valence electrons. The summed E-state index contributed by atoms with van der Waals surface area (Å²) in [6, 6.07) is 6.85. The number of benzene rings is 2. The Morgan fingerprint density at radius 1 is 0.947 bits per heavy atom. The summed E-state index contributed by atoms with van der Waals surface area (Å²) < 4.78 is 52.8. The van der Waals surface area contributed by atoms with Crippen LogP contribution in [0.25, 0.3) is 0 Å². The maximum atomic E-state index is 13.6. The molecule has 1 nitrogen and oxygen atoms in total. The fourth-order valence-corrected chi connectivity index (χ4v) is 1.81. The van der Waals surface area contributed by atoms with Crippen LogP contribution >= 0.6 is 11.6 Å². The second kappa shape index (κ2) is 5.09. The maximum absolute atomic E-state index is 13.6. The summed E-state index contributed by atoms with van der Waals surface area (Å²) in [6.45, 7) is 0. The molecule has 0 atom stereocenters. The number of hydrogen-bond donors (Lipinski definition) is 0. The van der Waals surface area contributed by atoms with Crippen LogP contribution in [0.15, 0.2) is 30.3 Å². The summed E-state index contributed by atoms with van der Waals surface area (Å²) in [4.78, 5) is 1.17. The SMILES string of the molecule is CN(c1cccc(Cl)c1)c1cc(F)c(F)c(F)c1F. The smallest absolute Gasteiger partial charge is 0.199 e. The fraction of sp³-hybridized carbons (Fsp3) is 0.0769. The van der Waals surface area contributed by atoms with Crippen molar-refractivity contribution >= 4 is 23.0 Å². The van der Waals surface area contributed by atoms with Gasteiger partial charge in [-0.15, -0.1) is 0 Å². The van der Waals surface area contributed by atoms with E-state index < -0.39 is 29.0 Å². The molecule has 0 aliphatic heterocycles. The summed E-state index contributed by atoms with van der Waals surface area (Å²) in [7, 11) is 1.39. The molecular weight excluding hydrogens is 282 g/mol. The van der Waals surface area contributed by atoms with E-state index in [1.54, 1.807) is 18.2 Å². The second-order valence-electron chi connectivity index (χ2n) is 3.86. The fourth-order valence-electron chi connectivity index (χ4n) is 1.63. The van der Waals surface area contributed by atoms with Crippen LogP contribution in [-0.2, 0) is 0 Å². The lowest BCUT2D eigenvalue weighted by Gasteiger charge is -2.20. The normalized spacial score (nSPS) is 10.6. The van der Waals surface area contributed by atoms with Gasteiger partial charge in [0.25, 0.3) is 0 Å². The van der Waals surface area contributed by atoms with Crippen molar-refractivity contribution in [2.45, 2.75) is 0 Å². The van der Waals surface area contributed by atoms with E-state index in [-0.39, 0.29) is 0 Å². The lowest BCUT2D eigenvalue weighted by atomic mass is 10.2. The van der Waals surface area contributed by atoms with Gasteiger partial charge >= 0.3 is 0 Å². The molecule has 0 aromatic heterocycles. The van der Waals surface area contributed by atoms with Crippen LogP contribution in [0.5, 0.6) is 0 Å². The molecule has 0 amide bonds. The predicted octanol–water partition coefficient (Wildman–Crippen LogP) is 4.66. The summed E-state index contributed by atoms with van der Waals surface area (Å²) in [6.07, 6.45) is 0. The van der Waals surface area contributed by atoms with Gasteiger partial charge < -0.3 is 4.90 Å². The molecule has 2 aromatic carbocycles. The highest BCUT2D eigenvalue weighted by molar-refractivity contribution is 6.30. The molecule has 0 radical (unpaired) electrons. The van der Waals surface area contributed by atoms with Crippen LogP contribution in [0.1, 0.15) is 0 Å². The maximum Gasteiger partial charge on any atom is 0.199 e. The van der Waals surface area contributed by atoms with Gasteiger partial charge in [-0.3, -0.25) is 0 Å². The van der Waals surface area contributed by atoms with Crippen LogP contribution in [0, 0.1) is 23.3 Å². The third kappa shape index (κ3) is 2.51. The van der Waals surface area contributed by atoms with Crippen LogP contribution in [-0.4, -0.2) is 7.05 Å². The summed E-state index contributed by atoms with van der Waals surface area (Å²) in [5.74, 6) is -6.59. The van der Waals surface area contributed by atoms with Crippen molar-refractivity contribution in [3.63, 3.8) is 0 Å². The van der Waals surface area contributed by atoms with E-state index in [0.717, 1.165) is 0 Å². The van der Waals surface area contributed by atoms with Gasteiger partial charge in [0.2, 0.25) is 0 Å². The zero-order valence-corrected chi connectivity index (χ0v) is 10.5. The Morgan fingerprint density at radius 2 is 1.63 bits per heavy atom. The molecule has 0 aliphatic rings. The number of halogens is 5. The molecule has 0 heterocycles. The minimum absolute atomic E-state index is 0.382. The highest BCUT2D eigenvalue weighted by atomic mass is 35.5. The average Bonchev–Trinajstić information content (AvgIpc) is 2.40. The zero-order chi connectivity index (χ0) is 14.2. The Balaban J connectivity index is 2.53. The zero-order valence-electron chi connectivity index (χ0n) is 9.72. The largest absolute Gasteiger partial charge is 0.342 e. The molecule has 0 N–H and O–H groups in total. The third-order valence-corrected chi connectivity index (χ3v) is 2.88. The van der Waals surface area contributed by atoms with Gasteiger partial charge in [-0.05, 0) is 18.2 Å². The van der Waals surface area contributed by atoms with Crippen molar-refractivity contribution in [1.82, 2.24) is 0 Å². The van der Waals surface area contributed by atoms with Gasteiger partial charge in [-0.1, -0.05) is 17.7 Å². The van der Waals surface area contributed by atoms with E-state index in [4.69, 9.17) is 11.6 Å². The standard InChI is InChI=1S/C13H8ClF4N/c1-19(8-4-2-3-7(14)5-8)10-6-9(15)11(16)13(18)12(10)17/h2-6H,1H3. The molecule has 2 aromatic rings. The minimum atomic E-state index is -1.84. The van der Waals surface area contributed by atoms with Gasteiger partial charge in [0.05, 0.1) is 5.69 Å². The first-order chi connectivity index (χ1) is 8.91. The van der Waals surface area contributed by atoms with E-state index in [2.05, 4.69) is 0 Å². The quantitative estimate of drug-likeness (QED) is 0.441.